The predicted molar refractivity (Wildman–Crippen MR) is 168 cm³/mol. The van der Waals surface area contributed by atoms with Gasteiger partial charge in [-0.3, -0.25) is 4.90 Å². The Balaban J connectivity index is 1.23. The average Bonchev–Trinajstić information content (AvgIpc) is 2.94. The summed E-state index contributed by atoms with van der Waals surface area (Å²) in [5.41, 5.74) is 5.44. The molecule has 8 heteroatoms. The van der Waals surface area contributed by atoms with Gasteiger partial charge in [0.2, 0.25) is 0 Å². The molecule has 0 aromatic heterocycles. The van der Waals surface area contributed by atoms with Crippen LogP contribution in [-0.2, 0) is 0 Å². The first-order valence-electron chi connectivity index (χ1n) is 13.5. The minimum Gasteiger partial charge on any atom is -0.492 e. The number of allylic oxidation sites excluding steroid dienone is 1. The van der Waals surface area contributed by atoms with Crippen LogP contribution in [0.5, 0.6) is 17.2 Å². The standard InChI is InChI=1S/C29H35INO3PS2/c30-35-34-23-9-10-25-24-11-12-29(36-17-4-18-37-29)20-26(24)28(33-27(25)19-23)21-5-7-22(8-6-21)32-16-15-31-13-2-1-3-14-31/h5-10,19,28,35H,1-4,11-18,20H2/t28-/m1/s1. The lowest BCUT2D eigenvalue weighted by atomic mass is 9.80. The van der Waals surface area contributed by atoms with Gasteiger partial charge in [0, 0.05) is 18.2 Å². The Kier molecular flexibility index (Phi) is 8.83. The zero-order valence-corrected chi connectivity index (χ0v) is 26.0. The summed E-state index contributed by atoms with van der Waals surface area (Å²) in [4.78, 5) is 2.52. The van der Waals surface area contributed by atoms with E-state index in [-0.39, 0.29) is 6.10 Å². The average molecular weight is 668 g/mol. The number of fused-ring (bicyclic) bond motifs is 2. The van der Waals surface area contributed by atoms with Crippen LogP contribution >= 0.6 is 52.0 Å². The molecule has 1 spiro atoms. The molecule has 2 saturated heterocycles. The van der Waals surface area contributed by atoms with Crippen LogP contribution in [0.4, 0.5) is 0 Å². The van der Waals surface area contributed by atoms with E-state index in [0.29, 0.717) is 10.5 Å². The van der Waals surface area contributed by atoms with E-state index in [0.717, 1.165) is 43.2 Å². The van der Waals surface area contributed by atoms with Crippen molar-refractivity contribution in [2.75, 3.05) is 37.7 Å². The third-order valence-corrected chi connectivity index (χ3v) is 12.3. The van der Waals surface area contributed by atoms with Gasteiger partial charge in [0.15, 0.2) is 0 Å². The number of benzene rings is 2. The maximum Gasteiger partial charge on any atom is 0.146 e. The number of thioether (sulfide) groups is 2. The Hall–Kier alpha value is -0.600. The minimum atomic E-state index is -0.0532. The molecule has 1 unspecified atom stereocenters. The summed E-state index contributed by atoms with van der Waals surface area (Å²) in [6.07, 6.45) is 8.74. The first kappa shape index (κ1) is 26.6. The van der Waals surface area contributed by atoms with E-state index in [1.165, 1.54) is 79.0 Å². The molecule has 198 valence electrons. The number of piperidine rings is 1. The molecule has 6 rings (SSSR count). The molecule has 0 radical (unpaired) electrons. The molecule has 3 heterocycles. The maximum atomic E-state index is 6.81. The molecule has 2 atom stereocenters. The van der Waals surface area contributed by atoms with Crippen molar-refractivity contribution in [3.8, 4) is 17.2 Å². The van der Waals surface area contributed by atoms with Gasteiger partial charge in [-0.05, 0) is 126 Å². The van der Waals surface area contributed by atoms with Crippen molar-refractivity contribution in [1.29, 1.82) is 0 Å². The molecule has 2 aromatic carbocycles. The zero-order valence-electron chi connectivity index (χ0n) is 21.2. The number of rotatable bonds is 7. The third-order valence-electron chi connectivity index (χ3n) is 7.93. The minimum absolute atomic E-state index is 0.0532. The number of hydrogen-bond acceptors (Lipinski definition) is 6. The predicted octanol–water partition coefficient (Wildman–Crippen LogP) is 8.51. The fourth-order valence-electron chi connectivity index (χ4n) is 6.02. The largest absolute Gasteiger partial charge is 0.492 e. The van der Waals surface area contributed by atoms with E-state index in [9.17, 15) is 0 Å². The van der Waals surface area contributed by atoms with Crippen LogP contribution in [0.3, 0.4) is 0 Å². The number of halogens is 1. The van der Waals surface area contributed by atoms with Crippen molar-refractivity contribution in [2.45, 2.75) is 55.1 Å². The summed E-state index contributed by atoms with van der Waals surface area (Å²) in [5, 5.41) is 0. The monoisotopic (exact) mass is 667 g/mol. The van der Waals surface area contributed by atoms with Crippen molar-refractivity contribution in [3.05, 3.63) is 59.2 Å². The highest BCUT2D eigenvalue weighted by Gasteiger charge is 2.43. The van der Waals surface area contributed by atoms with E-state index in [4.69, 9.17) is 14.0 Å². The molecule has 0 saturated carbocycles. The van der Waals surface area contributed by atoms with Crippen molar-refractivity contribution >= 4 is 57.6 Å². The van der Waals surface area contributed by atoms with E-state index in [1.807, 2.05) is 0 Å². The smallest absolute Gasteiger partial charge is 0.146 e. The maximum absolute atomic E-state index is 6.81. The van der Waals surface area contributed by atoms with Crippen LogP contribution in [-0.4, -0.2) is 46.7 Å². The number of likely N-dealkylation sites (tertiary alicyclic amines) is 1. The molecule has 4 aliphatic rings. The molecule has 37 heavy (non-hydrogen) atoms. The van der Waals surface area contributed by atoms with Gasteiger partial charge in [-0.2, -0.15) is 0 Å². The summed E-state index contributed by atoms with van der Waals surface area (Å²) in [6, 6.07) is 15.1. The normalized spacial score (nSPS) is 23.5. The van der Waals surface area contributed by atoms with Gasteiger partial charge in [0.25, 0.3) is 0 Å². The first-order chi connectivity index (χ1) is 18.2. The lowest BCUT2D eigenvalue weighted by Gasteiger charge is -2.44. The van der Waals surface area contributed by atoms with Crippen LogP contribution in [0, 0.1) is 0 Å². The van der Waals surface area contributed by atoms with Crippen LogP contribution in [0.1, 0.15) is 62.2 Å². The van der Waals surface area contributed by atoms with Crippen molar-refractivity contribution in [1.82, 2.24) is 4.90 Å². The fraction of sp³-hybridized carbons (Fsp3) is 0.517. The molecule has 4 nitrogen and oxygen atoms in total. The van der Waals surface area contributed by atoms with E-state index in [1.54, 1.807) is 0 Å². The Labute approximate surface area is 244 Å². The van der Waals surface area contributed by atoms with Crippen molar-refractivity contribution < 1.29 is 14.0 Å². The molecule has 2 aromatic rings. The molecule has 3 aliphatic heterocycles. The second-order valence-electron chi connectivity index (χ2n) is 10.3. The van der Waals surface area contributed by atoms with E-state index >= 15 is 0 Å². The Bertz CT molecular complexity index is 1120. The van der Waals surface area contributed by atoms with Gasteiger partial charge < -0.3 is 14.0 Å². The molecular weight excluding hydrogens is 632 g/mol. The van der Waals surface area contributed by atoms with E-state index < -0.39 is 0 Å². The van der Waals surface area contributed by atoms with Gasteiger partial charge in [-0.15, -0.1) is 23.5 Å². The molecular formula is C29H35INO3PS2. The van der Waals surface area contributed by atoms with Gasteiger partial charge >= 0.3 is 0 Å². The zero-order chi connectivity index (χ0) is 25.1. The molecule has 0 bridgehead atoms. The van der Waals surface area contributed by atoms with Gasteiger partial charge in [-0.1, -0.05) is 18.6 Å². The highest BCUT2D eigenvalue weighted by Crippen LogP contribution is 2.59. The van der Waals surface area contributed by atoms with Crippen LogP contribution in [0.25, 0.3) is 5.57 Å². The van der Waals surface area contributed by atoms with Gasteiger partial charge in [0.05, 0.1) is 4.08 Å². The quantitative estimate of drug-likeness (QED) is 0.218. The summed E-state index contributed by atoms with van der Waals surface area (Å²) >= 11 is 6.64. The molecule has 0 N–H and O–H groups in total. The lowest BCUT2D eigenvalue weighted by molar-refractivity contribution is 0.183. The Morgan fingerprint density at radius 3 is 2.57 bits per heavy atom. The van der Waals surface area contributed by atoms with Crippen LogP contribution in [0.2, 0.25) is 0 Å². The van der Waals surface area contributed by atoms with E-state index in [2.05, 4.69) is 92.9 Å². The number of hydrogen-bond donors (Lipinski definition) is 0. The second kappa shape index (κ2) is 12.3. The summed E-state index contributed by atoms with van der Waals surface area (Å²) in [7, 11) is 0. The number of ether oxygens (including phenoxy) is 2. The van der Waals surface area contributed by atoms with Gasteiger partial charge in [0.1, 0.15) is 36.4 Å². The van der Waals surface area contributed by atoms with Crippen LogP contribution < -0.4 is 14.0 Å². The Morgan fingerprint density at radius 2 is 1.78 bits per heavy atom. The summed E-state index contributed by atoms with van der Waals surface area (Å²) < 4.78 is 19.1. The Morgan fingerprint density at radius 1 is 1.00 bits per heavy atom. The van der Waals surface area contributed by atoms with Crippen molar-refractivity contribution in [2.24, 2.45) is 0 Å². The topological polar surface area (TPSA) is 30.9 Å². The second-order valence-corrected chi connectivity index (χ2v) is 15.2. The van der Waals surface area contributed by atoms with Gasteiger partial charge in [-0.25, -0.2) is 0 Å². The van der Waals surface area contributed by atoms with Crippen molar-refractivity contribution in [3.63, 3.8) is 0 Å². The fourth-order valence-corrected chi connectivity index (χ4v) is 10.3. The molecule has 0 amide bonds. The highest BCUT2D eigenvalue weighted by molar-refractivity contribution is 14.2. The lowest BCUT2D eigenvalue weighted by Crippen LogP contribution is -2.33. The third kappa shape index (κ3) is 6.11. The first-order valence-corrected chi connectivity index (χ1v) is 19.5. The van der Waals surface area contributed by atoms with Crippen LogP contribution in [0.15, 0.2) is 48.0 Å². The highest BCUT2D eigenvalue weighted by atomic mass is 127. The summed E-state index contributed by atoms with van der Waals surface area (Å²) in [6.45, 7) is 4.58. The summed E-state index contributed by atoms with van der Waals surface area (Å²) in [5.74, 6) is 5.34. The molecule has 1 aliphatic carbocycles. The number of nitrogens with zero attached hydrogens (tertiary/aromatic N) is 1. The SMILES string of the molecule is IPOc1ccc2c(c1)O[C@H](c1ccc(OCCN3CCCCC3)cc1)C1=C2CCC2(C1)SCCCS2. The molecule has 2 fully saturated rings.